The first-order valence-electron chi connectivity index (χ1n) is 8.53. The largest absolute Gasteiger partial charge is 0.493 e. The highest BCUT2D eigenvalue weighted by Gasteiger charge is 2.06. The number of nitrogens with zero attached hydrogens (tertiary/aromatic N) is 1. The molecular weight excluding hydrogens is 348 g/mol. The monoisotopic (exact) mass is 370 g/mol. The van der Waals surface area contributed by atoms with E-state index >= 15 is 0 Å². The van der Waals surface area contributed by atoms with E-state index in [2.05, 4.69) is 5.32 Å². The van der Waals surface area contributed by atoms with E-state index in [4.69, 9.17) is 9.47 Å². The number of nitro groups is 1. The molecule has 7 heteroatoms. The summed E-state index contributed by atoms with van der Waals surface area (Å²) in [7, 11) is 1.57. The molecule has 1 N–H and O–H groups in total. The van der Waals surface area contributed by atoms with E-state index in [-0.39, 0.29) is 11.6 Å². The van der Waals surface area contributed by atoms with Crippen LogP contribution in [0, 0.1) is 10.1 Å². The fraction of sp³-hybridized carbons (Fsp3) is 0.250. The molecule has 0 fully saturated rings. The van der Waals surface area contributed by atoms with Gasteiger partial charge in [0.2, 0.25) is 5.91 Å². The molecule has 7 nitrogen and oxygen atoms in total. The molecule has 2 aromatic carbocycles. The topological polar surface area (TPSA) is 90.7 Å². The lowest BCUT2D eigenvalue weighted by Crippen LogP contribution is -2.20. The van der Waals surface area contributed by atoms with Gasteiger partial charge in [-0.05, 0) is 47.9 Å². The van der Waals surface area contributed by atoms with Crippen LogP contribution in [0.2, 0.25) is 0 Å². The van der Waals surface area contributed by atoms with Gasteiger partial charge in [0.15, 0.2) is 11.5 Å². The molecule has 2 aromatic rings. The Bertz CT molecular complexity index is 816. The van der Waals surface area contributed by atoms with Crippen molar-refractivity contribution in [2.45, 2.75) is 19.9 Å². The molecule has 0 radical (unpaired) electrons. The van der Waals surface area contributed by atoms with Crippen molar-refractivity contribution in [2.75, 3.05) is 13.7 Å². The van der Waals surface area contributed by atoms with Crippen LogP contribution in [0.1, 0.15) is 24.5 Å². The number of amides is 1. The first-order valence-corrected chi connectivity index (χ1v) is 8.53. The van der Waals surface area contributed by atoms with Crippen molar-refractivity contribution in [3.05, 3.63) is 69.8 Å². The van der Waals surface area contributed by atoms with Crippen molar-refractivity contribution in [3.63, 3.8) is 0 Å². The summed E-state index contributed by atoms with van der Waals surface area (Å²) in [5.74, 6) is 1.03. The van der Waals surface area contributed by atoms with Crippen molar-refractivity contribution in [1.29, 1.82) is 0 Å². The molecule has 0 aliphatic carbocycles. The zero-order valence-electron chi connectivity index (χ0n) is 15.3. The van der Waals surface area contributed by atoms with Gasteiger partial charge in [0.1, 0.15) is 0 Å². The molecule has 27 heavy (non-hydrogen) atoms. The number of hydrogen-bond acceptors (Lipinski definition) is 5. The molecule has 0 bridgehead atoms. The summed E-state index contributed by atoms with van der Waals surface area (Å²) in [4.78, 5) is 22.1. The number of methoxy groups -OCH3 is 1. The molecule has 0 aliphatic heterocycles. The van der Waals surface area contributed by atoms with Gasteiger partial charge in [-0.2, -0.15) is 0 Å². The summed E-state index contributed by atoms with van der Waals surface area (Å²) < 4.78 is 10.9. The maximum Gasteiger partial charge on any atom is 0.269 e. The minimum absolute atomic E-state index is 0.0110. The number of non-ortho nitro benzene ring substituents is 1. The standard InChI is InChI=1S/C20H22N2O5/c1-3-12-27-18-10-6-16(13-19(18)26-2)14-21-20(23)11-7-15-4-8-17(9-5-15)22(24)25/h4-11,13H,3,12,14H2,1-2H3,(H,21,23)/b11-7+. The van der Waals surface area contributed by atoms with Gasteiger partial charge >= 0.3 is 0 Å². The number of carbonyl (C=O) groups is 1. The molecule has 0 heterocycles. The molecule has 0 saturated carbocycles. The molecule has 0 atom stereocenters. The summed E-state index contributed by atoms with van der Waals surface area (Å²) >= 11 is 0. The minimum atomic E-state index is -0.465. The quantitative estimate of drug-likeness (QED) is 0.413. The van der Waals surface area contributed by atoms with Gasteiger partial charge < -0.3 is 14.8 Å². The predicted molar refractivity (Wildman–Crippen MR) is 103 cm³/mol. The van der Waals surface area contributed by atoms with Crippen LogP contribution < -0.4 is 14.8 Å². The second-order valence-corrected chi connectivity index (χ2v) is 5.73. The molecule has 0 saturated heterocycles. The van der Waals surface area contributed by atoms with E-state index in [1.54, 1.807) is 25.3 Å². The Labute approximate surface area is 157 Å². The highest BCUT2D eigenvalue weighted by Crippen LogP contribution is 2.28. The maximum absolute atomic E-state index is 12.0. The number of hydrogen-bond donors (Lipinski definition) is 1. The third kappa shape index (κ3) is 6.14. The first-order chi connectivity index (χ1) is 13.0. The summed E-state index contributed by atoms with van der Waals surface area (Å²) in [6, 6.07) is 11.5. The summed E-state index contributed by atoms with van der Waals surface area (Å²) in [6.07, 6.45) is 3.89. The van der Waals surface area contributed by atoms with Gasteiger partial charge in [-0.1, -0.05) is 13.0 Å². The molecule has 1 amide bonds. The number of benzene rings is 2. The van der Waals surface area contributed by atoms with Crippen molar-refractivity contribution in [3.8, 4) is 11.5 Å². The third-order valence-electron chi connectivity index (χ3n) is 3.69. The van der Waals surface area contributed by atoms with Crippen LogP contribution in [0.5, 0.6) is 11.5 Å². The highest BCUT2D eigenvalue weighted by atomic mass is 16.6. The fourth-order valence-corrected chi connectivity index (χ4v) is 2.28. The van der Waals surface area contributed by atoms with E-state index in [1.807, 2.05) is 25.1 Å². The normalized spacial score (nSPS) is 10.6. The average molecular weight is 370 g/mol. The van der Waals surface area contributed by atoms with Crippen LogP contribution in [-0.2, 0) is 11.3 Å². The van der Waals surface area contributed by atoms with Crippen LogP contribution >= 0.6 is 0 Å². The Morgan fingerprint density at radius 3 is 2.56 bits per heavy atom. The summed E-state index contributed by atoms with van der Waals surface area (Å²) in [5, 5.41) is 13.4. The van der Waals surface area contributed by atoms with Crippen molar-refractivity contribution >= 4 is 17.7 Å². The lowest BCUT2D eigenvalue weighted by Gasteiger charge is -2.11. The molecule has 2 rings (SSSR count). The Hall–Kier alpha value is -3.35. The van der Waals surface area contributed by atoms with E-state index in [0.717, 1.165) is 12.0 Å². The lowest BCUT2D eigenvalue weighted by atomic mass is 10.2. The zero-order chi connectivity index (χ0) is 19.6. The van der Waals surface area contributed by atoms with Gasteiger partial charge in [0, 0.05) is 24.8 Å². The van der Waals surface area contributed by atoms with Crippen molar-refractivity contribution in [1.82, 2.24) is 5.32 Å². The fourth-order valence-electron chi connectivity index (χ4n) is 2.28. The molecule has 0 aromatic heterocycles. The van der Waals surface area contributed by atoms with Crippen molar-refractivity contribution < 1.29 is 19.2 Å². The Morgan fingerprint density at radius 2 is 1.93 bits per heavy atom. The van der Waals surface area contributed by atoms with Crippen LogP contribution in [0.15, 0.2) is 48.5 Å². The lowest BCUT2D eigenvalue weighted by molar-refractivity contribution is -0.384. The average Bonchev–Trinajstić information content (AvgIpc) is 2.69. The summed E-state index contributed by atoms with van der Waals surface area (Å²) in [5.41, 5.74) is 1.60. The smallest absolute Gasteiger partial charge is 0.269 e. The Morgan fingerprint density at radius 1 is 1.19 bits per heavy atom. The van der Waals surface area contributed by atoms with Gasteiger partial charge in [-0.25, -0.2) is 0 Å². The number of nitrogens with one attached hydrogen (secondary N) is 1. The highest BCUT2D eigenvalue weighted by molar-refractivity contribution is 5.91. The molecule has 0 spiro atoms. The molecule has 0 unspecified atom stereocenters. The van der Waals surface area contributed by atoms with Gasteiger partial charge in [0.25, 0.3) is 5.69 Å². The summed E-state index contributed by atoms with van der Waals surface area (Å²) in [6.45, 7) is 2.98. The number of nitro benzene ring substituents is 1. The van der Waals surface area contributed by atoms with E-state index < -0.39 is 4.92 Å². The SMILES string of the molecule is CCCOc1ccc(CNC(=O)/C=C/c2ccc([N+](=O)[O-])cc2)cc1OC. The Kier molecular flexibility index (Phi) is 7.37. The second-order valence-electron chi connectivity index (χ2n) is 5.73. The van der Waals surface area contributed by atoms with E-state index in [9.17, 15) is 14.9 Å². The maximum atomic E-state index is 12.0. The third-order valence-corrected chi connectivity index (χ3v) is 3.69. The predicted octanol–water partition coefficient (Wildman–Crippen LogP) is 3.72. The van der Waals surface area contributed by atoms with E-state index in [0.29, 0.717) is 30.2 Å². The van der Waals surface area contributed by atoms with Crippen LogP contribution in [0.4, 0.5) is 5.69 Å². The first kappa shape index (κ1) is 20.0. The number of rotatable bonds is 9. The molecule has 142 valence electrons. The molecular formula is C20H22N2O5. The van der Waals surface area contributed by atoms with Gasteiger partial charge in [-0.3, -0.25) is 14.9 Å². The number of carbonyl (C=O) groups excluding carboxylic acids is 1. The minimum Gasteiger partial charge on any atom is -0.493 e. The van der Waals surface area contributed by atoms with Gasteiger partial charge in [0.05, 0.1) is 18.6 Å². The second kappa shape index (κ2) is 9.96. The number of ether oxygens (including phenoxy) is 2. The van der Waals surface area contributed by atoms with E-state index in [1.165, 1.54) is 18.2 Å². The van der Waals surface area contributed by atoms with Crippen molar-refractivity contribution in [2.24, 2.45) is 0 Å². The molecule has 0 aliphatic rings. The van der Waals surface area contributed by atoms with Crippen LogP contribution in [-0.4, -0.2) is 24.5 Å². The zero-order valence-corrected chi connectivity index (χ0v) is 15.3. The Balaban J connectivity index is 1.91. The van der Waals surface area contributed by atoms with Crippen LogP contribution in [0.3, 0.4) is 0 Å². The van der Waals surface area contributed by atoms with Gasteiger partial charge in [-0.15, -0.1) is 0 Å². The van der Waals surface area contributed by atoms with Crippen LogP contribution in [0.25, 0.3) is 6.08 Å².